The van der Waals surface area contributed by atoms with E-state index in [2.05, 4.69) is 15.8 Å². The fraction of sp³-hybridized carbons (Fsp3) is 0.0714. The molecule has 2 amide bonds. The second kappa shape index (κ2) is 7.56. The summed E-state index contributed by atoms with van der Waals surface area (Å²) in [5.41, 5.74) is 2.74. The number of nitrogens with zero attached hydrogens (tertiary/aromatic N) is 1. The maximum absolute atomic E-state index is 11.8. The standard InChI is InChI=1S/C14H12ClN3O2S/c15-11-4-1-3-10(7-11)14(20)16-9-13(19)18-17-8-12-5-2-6-21-12/h1-8H,9H2,(H,16,20)(H,18,19). The summed E-state index contributed by atoms with van der Waals surface area (Å²) in [6.07, 6.45) is 1.54. The van der Waals surface area contributed by atoms with E-state index < -0.39 is 5.91 Å². The molecule has 0 saturated carbocycles. The van der Waals surface area contributed by atoms with Crippen LogP contribution >= 0.6 is 22.9 Å². The number of nitrogens with one attached hydrogen (secondary N) is 2. The largest absolute Gasteiger partial charge is 0.343 e. The zero-order valence-corrected chi connectivity index (χ0v) is 12.4. The number of amides is 2. The molecule has 0 atom stereocenters. The first-order valence-electron chi connectivity index (χ1n) is 6.04. The smallest absolute Gasteiger partial charge is 0.259 e. The maximum atomic E-state index is 11.8. The van der Waals surface area contributed by atoms with E-state index in [-0.39, 0.29) is 12.5 Å². The fourth-order valence-corrected chi connectivity index (χ4v) is 2.24. The van der Waals surface area contributed by atoms with Crippen LogP contribution in [0.3, 0.4) is 0 Å². The van der Waals surface area contributed by atoms with Crippen molar-refractivity contribution >= 4 is 41.0 Å². The molecule has 0 aliphatic heterocycles. The van der Waals surface area contributed by atoms with Crippen LogP contribution in [0.4, 0.5) is 0 Å². The third-order valence-corrected chi connectivity index (χ3v) is 3.46. The van der Waals surface area contributed by atoms with E-state index in [9.17, 15) is 9.59 Å². The normalized spacial score (nSPS) is 10.5. The van der Waals surface area contributed by atoms with E-state index in [4.69, 9.17) is 11.6 Å². The number of hydrogen-bond donors (Lipinski definition) is 2. The predicted octanol–water partition coefficient (Wildman–Crippen LogP) is 2.28. The highest BCUT2D eigenvalue weighted by Crippen LogP contribution is 2.10. The lowest BCUT2D eigenvalue weighted by molar-refractivity contribution is -0.120. The van der Waals surface area contributed by atoms with Gasteiger partial charge in [-0.15, -0.1) is 11.3 Å². The average molecular weight is 322 g/mol. The van der Waals surface area contributed by atoms with Gasteiger partial charge >= 0.3 is 0 Å². The van der Waals surface area contributed by atoms with Crippen LogP contribution in [0, 0.1) is 0 Å². The molecular formula is C14H12ClN3O2S. The van der Waals surface area contributed by atoms with Crippen molar-refractivity contribution in [3.8, 4) is 0 Å². The van der Waals surface area contributed by atoms with E-state index >= 15 is 0 Å². The molecule has 2 rings (SSSR count). The first-order valence-corrected chi connectivity index (χ1v) is 7.30. The number of benzene rings is 1. The molecule has 0 spiro atoms. The van der Waals surface area contributed by atoms with Gasteiger partial charge in [-0.1, -0.05) is 23.7 Å². The van der Waals surface area contributed by atoms with Crippen LogP contribution in [-0.4, -0.2) is 24.6 Å². The molecule has 1 aromatic heterocycles. The summed E-state index contributed by atoms with van der Waals surface area (Å²) in [6, 6.07) is 10.3. The van der Waals surface area contributed by atoms with Gasteiger partial charge in [0.05, 0.1) is 12.8 Å². The van der Waals surface area contributed by atoms with E-state index in [0.29, 0.717) is 10.6 Å². The van der Waals surface area contributed by atoms with E-state index in [0.717, 1.165) is 4.88 Å². The van der Waals surface area contributed by atoms with E-state index in [1.54, 1.807) is 24.4 Å². The van der Waals surface area contributed by atoms with Gasteiger partial charge in [0.25, 0.3) is 11.8 Å². The van der Waals surface area contributed by atoms with Crippen LogP contribution in [-0.2, 0) is 4.79 Å². The topological polar surface area (TPSA) is 70.6 Å². The van der Waals surface area contributed by atoms with Crippen molar-refractivity contribution in [1.29, 1.82) is 0 Å². The number of carbonyl (C=O) groups excluding carboxylic acids is 2. The third-order valence-electron chi connectivity index (χ3n) is 2.42. The van der Waals surface area contributed by atoms with Crippen LogP contribution < -0.4 is 10.7 Å². The summed E-state index contributed by atoms with van der Waals surface area (Å²) in [7, 11) is 0. The summed E-state index contributed by atoms with van der Waals surface area (Å²) < 4.78 is 0. The monoisotopic (exact) mass is 321 g/mol. The number of carbonyl (C=O) groups is 2. The van der Waals surface area contributed by atoms with Gasteiger partial charge in [0.2, 0.25) is 0 Å². The lowest BCUT2D eigenvalue weighted by Crippen LogP contribution is -2.34. The Hall–Kier alpha value is -2.18. The molecule has 1 heterocycles. The SMILES string of the molecule is O=C(CNC(=O)c1cccc(Cl)c1)NN=Cc1cccs1. The summed E-state index contributed by atoms with van der Waals surface area (Å²) >= 11 is 7.30. The van der Waals surface area contributed by atoms with Crippen molar-refractivity contribution in [3.05, 3.63) is 57.2 Å². The Balaban J connectivity index is 1.77. The lowest BCUT2D eigenvalue weighted by Gasteiger charge is -2.04. The van der Waals surface area contributed by atoms with Gasteiger partial charge in [-0.05, 0) is 29.6 Å². The molecule has 1 aromatic carbocycles. The van der Waals surface area contributed by atoms with Gasteiger partial charge in [-0.25, -0.2) is 5.43 Å². The molecule has 0 saturated heterocycles. The molecule has 2 aromatic rings. The Morgan fingerprint density at radius 1 is 1.29 bits per heavy atom. The zero-order chi connectivity index (χ0) is 15.1. The van der Waals surface area contributed by atoms with Gasteiger partial charge < -0.3 is 5.32 Å². The first kappa shape index (κ1) is 15.2. The maximum Gasteiger partial charge on any atom is 0.259 e. The highest BCUT2D eigenvalue weighted by molar-refractivity contribution is 7.11. The Kier molecular flexibility index (Phi) is 5.48. The molecule has 7 heteroatoms. The molecule has 0 bridgehead atoms. The van der Waals surface area contributed by atoms with Crippen molar-refractivity contribution < 1.29 is 9.59 Å². The highest BCUT2D eigenvalue weighted by atomic mass is 35.5. The summed E-state index contributed by atoms with van der Waals surface area (Å²) in [6.45, 7) is -0.160. The van der Waals surface area contributed by atoms with Gasteiger partial charge in [0.15, 0.2) is 0 Å². The van der Waals surface area contributed by atoms with Crippen molar-refractivity contribution in [2.45, 2.75) is 0 Å². The molecule has 0 aliphatic rings. The van der Waals surface area contributed by atoms with Crippen molar-refractivity contribution in [3.63, 3.8) is 0 Å². The van der Waals surface area contributed by atoms with Crippen LogP contribution in [0.2, 0.25) is 5.02 Å². The Morgan fingerprint density at radius 2 is 2.14 bits per heavy atom. The molecule has 2 N–H and O–H groups in total. The minimum Gasteiger partial charge on any atom is -0.343 e. The fourth-order valence-electron chi connectivity index (χ4n) is 1.46. The van der Waals surface area contributed by atoms with Gasteiger partial charge in [-0.2, -0.15) is 5.10 Å². The minimum absolute atomic E-state index is 0.160. The van der Waals surface area contributed by atoms with Crippen molar-refractivity contribution in [2.24, 2.45) is 5.10 Å². The van der Waals surface area contributed by atoms with Crippen molar-refractivity contribution in [1.82, 2.24) is 10.7 Å². The molecule has 0 unspecified atom stereocenters. The van der Waals surface area contributed by atoms with E-state index in [1.807, 2.05) is 17.5 Å². The minimum atomic E-state index is -0.404. The van der Waals surface area contributed by atoms with E-state index in [1.165, 1.54) is 17.4 Å². The Morgan fingerprint density at radius 3 is 2.86 bits per heavy atom. The molecule has 21 heavy (non-hydrogen) atoms. The molecular weight excluding hydrogens is 310 g/mol. The quantitative estimate of drug-likeness (QED) is 0.655. The van der Waals surface area contributed by atoms with Crippen molar-refractivity contribution in [2.75, 3.05) is 6.54 Å². The van der Waals surface area contributed by atoms with Crippen LogP contribution in [0.15, 0.2) is 46.9 Å². The number of hydrazone groups is 1. The van der Waals surface area contributed by atoms with Crippen LogP contribution in [0.25, 0.3) is 0 Å². The molecule has 0 radical (unpaired) electrons. The van der Waals surface area contributed by atoms with Crippen LogP contribution in [0.5, 0.6) is 0 Å². The summed E-state index contributed by atoms with van der Waals surface area (Å²) in [5, 5.41) is 8.66. The summed E-state index contributed by atoms with van der Waals surface area (Å²) in [5.74, 6) is -0.770. The molecule has 5 nitrogen and oxygen atoms in total. The lowest BCUT2D eigenvalue weighted by atomic mass is 10.2. The Bertz CT molecular complexity index is 656. The zero-order valence-electron chi connectivity index (χ0n) is 10.9. The second-order valence-electron chi connectivity index (χ2n) is 4.00. The molecule has 108 valence electrons. The first-order chi connectivity index (χ1) is 10.1. The number of halogens is 1. The third kappa shape index (κ3) is 5.02. The summed E-state index contributed by atoms with van der Waals surface area (Å²) in [4.78, 5) is 24.2. The Labute approximate surface area is 130 Å². The predicted molar refractivity (Wildman–Crippen MR) is 83.8 cm³/mol. The highest BCUT2D eigenvalue weighted by Gasteiger charge is 2.07. The molecule has 0 aliphatic carbocycles. The second-order valence-corrected chi connectivity index (χ2v) is 5.42. The van der Waals surface area contributed by atoms with Gasteiger partial charge in [0.1, 0.15) is 0 Å². The average Bonchev–Trinajstić information content (AvgIpc) is 2.98. The number of hydrogen-bond acceptors (Lipinski definition) is 4. The van der Waals surface area contributed by atoms with Gasteiger partial charge in [-0.3, -0.25) is 9.59 Å². The van der Waals surface area contributed by atoms with Gasteiger partial charge in [0, 0.05) is 15.5 Å². The number of rotatable bonds is 5. The molecule has 0 fully saturated rings. The number of thiophene rings is 1. The van der Waals surface area contributed by atoms with Crippen LogP contribution in [0.1, 0.15) is 15.2 Å².